The summed E-state index contributed by atoms with van der Waals surface area (Å²) in [6.07, 6.45) is 0.522. The smallest absolute Gasteiger partial charge is 0.0431 e. The van der Waals surface area contributed by atoms with Crippen LogP contribution in [0.2, 0.25) is 0 Å². The molecule has 1 aromatic rings. The van der Waals surface area contributed by atoms with Crippen molar-refractivity contribution in [2.75, 3.05) is 13.5 Å². The summed E-state index contributed by atoms with van der Waals surface area (Å²) in [5, 5.41) is 0. The summed E-state index contributed by atoms with van der Waals surface area (Å²) in [5.74, 6) is 0. The van der Waals surface area contributed by atoms with Crippen LogP contribution >= 0.6 is 0 Å². The molecule has 0 bridgehead atoms. The first-order chi connectivity index (χ1) is 8.57. The third-order valence-corrected chi connectivity index (χ3v) is 1.88. The van der Waals surface area contributed by atoms with Crippen LogP contribution in [0.25, 0.3) is 0 Å². The van der Waals surface area contributed by atoms with Crippen molar-refractivity contribution in [3.05, 3.63) is 30.1 Å². The normalized spacial score (nSPS) is 42.7. The van der Waals surface area contributed by atoms with Gasteiger partial charge in [0.2, 0.25) is 0 Å². The van der Waals surface area contributed by atoms with E-state index in [1.54, 1.807) is 12.1 Å². The van der Waals surface area contributed by atoms with Gasteiger partial charge in [0.15, 0.2) is 0 Å². The zero-order valence-electron chi connectivity index (χ0n) is 13.5. The quantitative estimate of drug-likeness (QED) is 0.638. The zero-order chi connectivity index (χ0) is 14.5. The number of hydrogen-bond donors (Lipinski definition) is 0. The van der Waals surface area contributed by atoms with Gasteiger partial charge >= 0.3 is 0 Å². The molecule has 0 spiro atoms. The SMILES string of the molecule is [2H]C([2H])([2H])N1[C@H](c2cccnc2)CC([2H])([2H])C1([2H])[2H]. The third-order valence-electron chi connectivity index (χ3n) is 1.88. The predicted molar refractivity (Wildman–Crippen MR) is 48.8 cm³/mol. The van der Waals surface area contributed by atoms with Crippen LogP contribution < -0.4 is 0 Å². The fraction of sp³-hybridized carbons (Fsp3) is 0.500. The van der Waals surface area contributed by atoms with Gasteiger partial charge in [0.1, 0.15) is 0 Å². The molecule has 0 aliphatic carbocycles. The molecule has 1 saturated heterocycles. The topological polar surface area (TPSA) is 16.1 Å². The second-order valence-corrected chi connectivity index (χ2v) is 2.66. The Morgan fingerprint density at radius 3 is 3.58 bits per heavy atom. The molecule has 1 aromatic heterocycles. The van der Waals surface area contributed by atoms with Gasteiger partial charge in [-0.15, -0.1) is 0 Å². The number of nitrogens with zero attached hydrogens (tertiary/aromatic N) is 2. The van der Waals surface area contributed by atoms with Crippen LogP contribution in [0, 0.1) is 0 Å². The van der Waals surface area contributed by atoms with E-state index in [1.165, 1.54) is 12.4 Å². The maximum atomic E-state index is 7.82. The van der Waals surface area contributed by atoms with Gasteiger partial charge in [-0.3, -0.25) is 9.88 Å². The molecule has 2 rings (SSSR count). The number of likely N-dealkylation sites (tertiary alicyclic amines) is 1. The molecule has 1 atom stereocenters. The summed E-state index contributed by atoms with van der Waals surface area (Å²) in [4.78, 5) is 4.52. The van der Waals surface area contributed by atoms with Crippen molar-refractivity contribution in [1.82, 2.24) is 9.88 Å². The summed E-state index contributed by atoms with van der Waals surface area (Å²) < 4.78 is 53.6. The van der Waals surface area contributed by atoms with E-state index in [9.17, 15) is 0 Å². The number of rotatable bonds is 1. The van der Waals surface area contributed by atoms with E-state index in [1.807, 2.05) is 0 Å². The maximum Gasteiger partial charge on any atom is 0.0431 e. The van der Waals surface area contributed by atoms with Crippen molar-refractivity contribution < 1.29 is 9.60 Å². The predicted octanol–water partition coefficient (Wildman–Crippen LogP) is 1.85. The summed E-state index contributed by atoms with van der Waals surface area (Å²) in [7, 11) is 0. The average molecular weight is 169 g/mol. The summed E-state index contributed by atoms with van der Waals surface area (Å²) >= 11 is 0. The van der Waals surface area contributed by atoms with Crippen LogP contribution in [0.5, 0.6) is 0 Å². The van der Waals surface area contributed by atoms with E-state index in [0.29, 0.717) is 10.5 Å². The Bertz CT molecular complexity index is 457. The van der Waals surface area contributed by atoms with Crippen molar-refractivity contribution in [1.29, 1.82) is 0 Å². The molecule has 2 heterocycles. The van der Waals surface area contributed by atoms with Crippen LogP contribution in [0.4, 0.5) is 0 Å². The highest BCUT2D eigenvalue weighted by Gasteiger charge is 2.21. The Hall–Kier alpha value is -0.890. The van der Waals surface area contributed by atoms with Gasteiger partial charge in [-0.05, 0) is 37.9 Å². The first kappa shape index (κ1) is 3.11. The zero-order valence-corrected chi connectivity index (χ0v) is 6.49. The first-order valence-corrected chi connectivity index (χ1v) is 3.77. The minimum absolute atomic E-state index is 0.218. The Labute approximate surface area is 83.1 Å². The van der Waals surface area contributed by atoms with Gasteiger partial charge in [0.25, 0.3) is 0 Å². The van der Waals surface area contributed by atoms with Crippen molar-refractivity contribution in [3.8, 4) is 0 Å². The molecule has 64 valence electrons. The monoisotopic (exact) mass is 169 g/mol. The van der Waals surface area contributed by atoms with Crippen molar-refractivity contribution in [2.24, 2.45) is 0 Å². The largest absolute Gasteiger partial charge is 0.299 e. The lowest BCUT2D eigenvalue weighted by atomic mass is 10.1. The minimum atomic E-state index is -2.71. The first-order valence-electron chi connectivity index (χ1n) is 7.27. The molecule has 0 unspecified atom stereocenters. The van der Waals surface area contributed by atoms with Crippen molar-refractivity contribution >= 4 is 0 Å². The van der Waals surface area contributed by atoms with Gasteiger partial charge in [0, 0.05) is 28.0 Å². The van der Waals surface area contributed by atoms with E-state index in [-0.39, 0.29) is 6.42 Å². The molecule has 0 aromatic carbocycles. The molecule has 1 aliphatic heterocycles. The summed E-state index contributed by atoms with van der Waals surface area (Å²) in [6.45, 7) is -5.27. The van der Waals surface area contributed by atoms with Crippen molar-refractivity contribution in [2.45, 2.75) is 18.8 Å². The highest BCUT2D eigenvalue weighted by molar-refractivity contribution is 5.14. The van der Waals surface area contributed by atoms with Gasteiger partial charge in [-0.25, -0.2) is 0 Å². The Kier molecular flexibility index (Phi) is 0.838. The average Bonchev–Trinajstić information content (AvgIpc) is 2.45. The number of hydrogen-bond acceptors (Lipinski definition) is 2. The van der Waals surface area contributed by atoms with Crippen LogP contribution in [0.3, 0.4) is 0 Å². The molecule has 1 aliphatic rings. The molecule has 0 saturated carbocycles. The van der Waals surface area contributed by atoms with E-state index in [2.05, 4.69) is 4.98 Å². The van der Waals surface area contributed by atoms with Crippen LogP contribution in [0.15, 0.2) is 24.5 Å². The highest BCUT2D eigenvalue weighted by Crippen LogP contribution is 2.29. The highest BCUT2D eigenvalue weighted by atomic mass is 15.1. The summed E-state index contributed by atoms with van der Waals surface area (Å²) in [6, 6.07) is 2.40. The molecule has 12 heavy (non-hydrogen) atoms. The second-order valence-electron chi connectivity index (χ2n) is 2.66. The van der Waals surface area contributed by atoms with Gasteiger partial charge < -0.3 is 0 Å². The molecule has 0 N–H and O–H groups in total. The molecule has 1 fully saturated rings. The van der Waals surface area contributed by atoms with E-state index in [0.717, 1.165) is 0 Å². The van der Waals surface area contributed by atoms with E-state index in [4.69, 9.17) is 9.60 Å². The van der Waals surface area contributed by atoms with Crippen LogP contribution in [-0.4, -0.2) is 23.4 Å². The standard InChI is InChI=1S/C10H14N2/c1-12-7-3-5-10(12)9-4-2-6-11-8-9/h2,4,6,8,10H,3,5,7H2,1H3/t10-/m0/s1/i1D3,3D2,7D2. The lowest BCUT2D eigenvalue weighted by Gasteiger charge is -2.18. The van der Waals surface area contributed by atoms with E-state index < -0.39 is 25.9 Å². The Morgan fingerprint density at radius 2 is 2.83 bits per heavy atom. The Morgan fingerprint density at radius 1 is 1.83 bits per heavy atom. The molecular formula is C10H14N2. The van der Waals surface area contributed by atoms with Gasteiger partial charge in [-0.1, -0.05) is 6.07 Å². The molecule has 0 radical (unpaired) electrons. The summed E-state index contributed by atoms with van der Waals surface area (Å²) in [5.41, 5.74) is 0.504. The molecular weight excluding hydrogens is 148 g/mol. The minimum Gasteiger partial charge on any atom is -0.299 e. The van der Waals surface area contributed by atoms with Crippen molar-refractivity contribution in [3.63, 3.8) is 0 Å². The molecule has 2 heteroatoms. The van der Waals surface area contributed by atoms with Crippen LogP contribution in [-0.2, 0) is 0 Å². The number of pyridine rings is 1. The lowest BCUT2D eigenvalue weighted by molar-refractivity contribution is 0.317. The molecule has 2 nitrogen and oxygen atoms in total. The second kappa shape index (κ2) is 3.23. The fourth-order valence-corrected chi connectivity index (χ4v) is 1.24. The van der Waals surface area contributed by atoms with E-state index >= 15 is 0 Å². The molecule has 0 amide bonds. The maximum absolute atomic E-state index is 7.82. The van der Waals surface area contributed by atoms with Gasteiger partial charge in [0.05, 0.1) is 0 Å². The lowest BCUT2D eigenvalue weighted by Crippen LogP contribution is -2.17. The third kappa shape index (κ3) is 1.34. The van der Waals surface area contributed by atoms with Crippen LogP contribution in [0.1, 0.15) is 34.0 Å². The Balaban J connectivity index is 2.50. The number of aromatic nitrogens is 1. The fourth-order valence-electron chi connectivity index (χ4n) is 1.24. The van der Waals surface area contributed by atoms with Gasteiger partial charge in [-0.2, -0.15) is 0 Å².